The van der Waals surface area contributed by atoms with Crippen LogP contribution in [0.3, 0.4) is 0 Å². The lowest BCUT2D eigenvalue weighted by atomic mass is 9.95. The van der Waals surface area contributed by atoms with Gasteiger partial charge in [-0.3, -0.25) is 4.79 Å². The third-order valence-corrected chi connectivity index (χ3v) is 3.63. The molecule has 20 heavy (non-hydrogen) atoms. The molecule has 2 rings (SSSR count). The SMILES string of the molecule is COc1ccc(C(=O)NC(C)(C(=O)O)C2CC2)cc1F. The van der Waals surface area contributed by atoms with Crippen molar-refractivity contribution in [2.45, 2.75) is 25.3 Å². The molecule has 6 heteroatoms. The number of carbonyl (C=O) groups excluding carboxylic acids is 1. The maximum Gasteiger partial charge on any atom is 0.329 e. The van der Waals surface area contributed by atoms with Crippen LogP contribution in [-0.4, -0.2) is 29.6 Å². The first-order valence-corrected chi connectivity index (χ1v) is 6.28. The first kappa shape index (κ1) is 14.3. The molecule has 1 aromatic carbocycles. The first-order chi connectivity index (χ1) is 9.38. The molecule has 1 aromatic rings. The van der Waals surface area contributed by atoms with E-state index in [4.69, 9.17) is 4.74 Å². The van der Waals surface area contributed by atoms with Crippen molar-refractivity contribution < 1.29 is 23.8 Å². The van der Waals surface area contributed by atoms with Crippen molar-refractivity contribution in [2.75, 3.05) is 7.11 Å². The topological polar surface area (TPSA) is 75.6 Å². The van der Waals surface area contributed by atoms with Crippen molar-refractivity contribution in [3.05, 3.63) is 29.6 Å². The highest BCUT2D eigenvalue weighted by atomic mass is 19.1. The van der Waals surface area contributed by atoms with Crippen molar-refractivity contribution in [3.63, 3.8) is 0 Å². The highest BCUT2D eigenvalue weighted by molar-refractivity contribution is 5.98. The highest BCUT2D eigenvalue weighted by Gasteiger charge is 2.48. The fourth-order valence-electron chi connectivity index (χ4n) is 2.11. The van der Waals surface area contributed by atoms with Gasteiger partial charge in [0.15, 0.2) is 11.6 Å². The van der Waals surface area contributed by atoms with Crippen LogP contribution < -0.4 is 10.1 Å². The summed E-state index contributed by atoms with van der Waals surface area (Å²) in [5, 5.41) is 11.8. The Morgan fingerprint density at radius 2 is 2.10 bits per heavy atom. The second-order valence-corrected chi connectivity index (χ2v) is 5.09. The predicted molar refractivity (Wildman–Crippen MR) is 69.2 cm³/mol. The molecule has 1 aliphatic carbocycles. The average molecular weight is 281 g/mol. The minimum Gasteiger partial charge on any atom is -0.494 e. The standard InChI is InChI=1S/C14H16FNO4/c1-14(13(18)19,9-4-5-9)16-12(17)8-3-6-11(20-2)10(15)7-8/h3,6-7,9H,4-5H2,1-2H3,(H,16,17)(H,18,19). The fourth-order valence-corrected chi connectivity index (χ4v) is 2.11. The van der Waals surface area contributed by atoms with Crippen LogP contribution in [0.2, 0.25) is 0 Å². The molecule has 0 bridgehead atoms. The maximum atomic E-state index is 13.6. The van der Waals surface area contributed by atoms with Gasteiger partial charge in [0.1, 0.15) is 5.54 Å². The molecule has 1 unspecified atom stereocenters. The highest BCUT2D eigenvalue weighted by Crippen LogP contribution is 2.39. The molecule has 108 valence electrons. The minimum absolute atomic E-state index is 0.0322. The van der Waals surface area contributed by atoms with E-state index < -0.39 is 23.2 Å². The van der Waals surface area contributed by atoms with Crippen molar-refractivity contribution in [1.29, 1.82) is 0 Å². The van der Waals surface area contributed by atoms with E-state index in [1.165, 1.54) is 26.2 Å². The summed E-state index contributed by atoms with van der Waals surface area (Å²) in [6.07, 6.45) is 1.53. The van der Waals surface area contributed by atoms with E-state index in [9.17, 15) is 19.1 Å². The van der Waals surface area contributed by atoms with Crippen molar-refractivity contribution in [2.24, 2.45) is 5.92 Å². The Morgan fingerprint density at radius 1 is 1.45 bits per heavy atom. The van der Waals surface area contributed by atoms with Crippen LogP contribution in [0.1, 0.15) is 30.1 Å². The smallest absolute Gasteiger partial charge is 0.329 e. The Labute approximate surface area is 115 Å². The second-order valence-electron chi connectivity index (χ2n) is 5.09. The predicted octanol–water partition coefficient (Wildman–Crippen LogP) is 1.82. The molecule has 0 heterocycles. The van der Waals surface area contributed by atoms with E-state index in [0.29, 0.717) is 0 Å². The summed E-state index contributed by atoms with van der Waals surface area (Å²) < 4.78 is 18.3. The Morgan fingerprint density at radius 3 is 2.55 bits per heavy atom. The zero-order chi connectivity index (χ0) is 14.9. The van der Waals surface area contributed by atoms with Crippen LogP contribution in [-0.2, 0) is 4.79 Å². The molecule has 0 saturated heterocycles. The van der Waals surface area contributed by atoms with Gasteiger partial charge in [-0.25, -0.2) is 9.18 Å². The first-order valence-electron chi connectivity index (χ1n) is 6.28. The average Bonchev–Trinajstić information content (AvgIpc) is 3.22. The molecule has 1 atom stereocenters. The molecular weight excluding hydrogens is 265 g/mol. The van der Waals surface area contributed by atoms with Crippen LogP contribution in [0, 0.1) is 11.7 Å². The molecule has 1 saturated carbocycles. The molecule has 2 N–H and O–H groups in total. The quantitative estimate of drug-likeness (QED) is 0.863. The number of hydrogen-bond acceptors (Lipinski definition) is 3. The van der Waals surface area contributed by atoms with E-state index in [-0.39, 0.29) is 17.2 Å². The van der Waals surface area contributed by atoms with Crippen LogP contribution >= 0.6 is 0 Å². The van der Waals surface area contributed by atoms with Gasteiger partial charge in [-0.2, -0.15) is 0 Å². The van der Waals surface area contributed by atoms with Gasteiger partial charge < -0.3 is 15.2 Å². The Kier molecular flexibility index (Phi) is 3.65. The summed E-state index contributed by atoms with van der Waals surface area (Å²) >= 11 is 0. The molecule has 1 fully saturated rings. The second kappa shape index (κ2) is 5.11. The normalized spacial score (nSPS) is 17.1. The fraction of sp³-hybridized carbons (Fsp3) is 0.429. The van der Waals surface area contributed by atoms with Crippen LogP contribution in [0.25, 0.3) is 0 Å². The number of carbonyl (C=O) groups is 2. The number of methoxy groups -OCH3 is 1. The van der Waals surface area contributed by atoms with Gasteiger partial charge in [-0.05, 0) is 43.9 Å². The lowest BCUT2D eigenvalue weighted by Gasteiger charge is -2.26. The molecule has 1 aliphatic rings. The number of carboxylic acids is 1. The van der Waals surface area contributed by atoms with Crippen LogP contribution in [0.4, 0.5) is 4.39 Å². The minimum atomic E-state index is -1.31. The van der Waals surface area contributed by atoms with E-state index in [1.807, 2.05) is 0 Å². The number of hydrogen-bond donors (Lipinski definition) is 2. The van der Waals surface area contributed by atoms with Gasteiger partial charge in [0, 0.05) is 5.56 Å². The molecule has 0 spiro atoms. The van der Waals surface area contributed by atoms with E-state index >= 15 is 0 Å². The number of rotatable bonds is 5. The number of benzene rings is 1. The molecular formula is C14H16FNO4. The summed E-state index contributed by atoms with van der Waals surface area (Å²) in [6, 6.07) is 3.76. The number of amides is 1. The van der Waals surface area contributed by atoms with E-state index in [0.717, 1.165) is 18.9 Å². The largest absolute Gasteiger partial charge is 0.494 e. The lowest BCUT2D eigenvalue weighted by Crippen LogP contribution is -2.54. The third-order valence-electron chi connectivity index (χ3n) is 3.63. The zero-order valence-corrected chi connectivity index (χ0v) is 11.3. The third kappa shape index (κ3) is 2.59. The van der Waals surface area contributed by atoms with Gasteiger partial charge in [-0.1, -0.05) is 0 Å². The number of nitrogens with one attached hydrogen (secondary N) is 1. The van der Waals surface area contributed by atoms with Gasteiger partial charge in [-0.15, -0.1) is 0 Å². The Balaban J connectivity index is 2.19. The van der Waals surface area contributed by atoms with Crippen LogP contribution in [0.5, 0.6) is 5.75 Å². The van der Waals surface area contributed by atoms with Crippen LogP contribution in [0.15, 0.2) is 18.2 Å². The number of ether oxygens (including phenoxy) is 1. The molecule has 0 aromatic heterocycles. The summed E-state index contributed by atoms with van der Waals surface area (Å²) in [5.41, 5.74) is -1.25. The summed E-state index contributed by atoms with van der Waals surface area (Å²) in [6.45, 7) is 1.48. The lowest BCUT2D eigenvalue weighted by molar-refractivity contribution is -0.144. The summed E-state index contributed by atoms with van der Waals surface area (Å²) in [5.74, 6) is -2.40. The molecule has 1 amide bonds. The van der Waals surface area contributed by atoms with Gasteiger partial charge in [0.25, 0.3) is 5.91 Å². The van der Waals surface area contributed by atoms with Crippen molar-refractivity contribution in [1.82, 2.24) is 5.32 Å². The van der Waals surface area contributed by atoms with E-state index in [1.54, 1.807) is 0 Å². The number of aliphatic carboxylic acids is 1. The molecule has 5 nitrogen and oxygen atoms in total. The van der Waals surface area contributed by atoms with Crippen molar-refractivity contribution >= 4 is 11.9 Å². The van der Waals surface area contributed by atoms with E-state index in [2.05, 4.69) is 5.32 Å². The van der Waals surface area contributed by atoms with Crippen molar-refractivity contribution in [3.8, 4) is 5.75 Å². The Bertz CT molecular complexity index is 556. The number of halogens is 1. The van der Waals surface area contributed by atoms with Gasteiger partial charge >= 0.3 is 5.97 Å². The zero-order valence-electron chi connectivity index (χ0n) is 11.3. The number of carboxylic acid groups (broad SMARTS) is 1. The summed E-state index contributed by atoms with van der Waals surface area (Å²) in [4.78, 5) is 23.4. The molecule has 0 radical (unpaired) electrons. The molecule has 0 aliphatic heterocycles. The Hall–Kier alpha value is -2.11. The summed E-state index contributed by atoms with van der Waals surface area (Å²) in [7, 11) is 1.33. The maximum absolute atomic E-state index is 13.6. The monoisotopic (exact) mass is 281 g/mol. The van der Waals surface area contributed by atoms with Gasteiger partial charge in [0.2, 0.25) is 0 Å². The van der Waals surface area contributed by atoms with Gasteiger partial charge in [0.05, 0.1) is 7.11 Å².